The van der Waals surface area contributed by atoms with Crippen molar-refractivity contribution in [3.63, 3.8) is 0 Å². The van der Waals surface area contributed by atoms with E-state index in [9.17, 15) is 0 Å². The lowest BCUT2D eigenvalue weighted by Crippen LogP contribution is -2.16. The molecule has 408 valence electrons. The van der Waals surface area contributed by atoms with Crippen LogP contribution in [-0.2, 0) is 11.8 Å². The van der Waals surface area contributed by atoms with Crippen LogP contribution in [0.1, 0.15) is 60.7 Å². The van der Waals surface area contributed by atoms with Gasteiger partial charge in [-0.15, -0.1) is 0 Å². The molecule has 2 aromatic heterocycles. The van der Waals surface area contributed by atoms with Crippen LogP contribution in [0.2, 0.25) is 0 Å². The summed E-state index contributed by atoms with van der Waals surface area (Å²) in [5.41, 5.74) is 27.0. The Labute approximate surface area is 499 Å². The van der Waals surface area contributed by atoms with Crippen molar-refractivity contribution in [2.75, 3.05) is 4.90 Å². The number of hydrogen-bond acceptors (Lipinski definition) is 1. The van der Waals surface area contributed by atoms with Gasteiger partial charge in [0, 0.05) is 55.8 Å². The molecule has 0 unspecified atom stereocenters. The highest BCUT2D eigenvalue weighted by molar-refractivity contribution is 6.07. The maximum absolute atomic E-state index is 4.71. The number of rotatable bonds is 14. The van der Waals surface area contributed by atoms with Crippen LogP contribution in [0.5, 0.6) is 0 Å². The third-order valence-electron chi connectivity index (χ3n) is 17.2. The van der Waals surface area contributed by atoms with E-state index < -0.39 is 0 Å². The smallest absolute Gasteiger partial charge is 0.0619 e. The molecule has 0 spiro atoms. The Bertz CT molecular complexity index is 4640. The molecule has 14 rings (SSSR count). The number of anilines is 3. The molecule has 0 N–H and O–H groups in total. The summed E-state index contributed by atoms with van der Waals surface area (Å²) in [6.07, 6.45) is 21.3. The van der Waals surface area contributed by atoms with Crippen molar-refractivity contribution < 1.29 is 0 Å². The molecule has 0 saturated heterocycles. The summed E-state index contributed by atoms with van der Waals surface area (Å²) >= 11 is 0. The zero-order valence-electron chi connectivity index (χ0n) is 48.3. The van der Waals surface area contributed by atoms with Crippen molar-refractivity contribution in [3.8, 4) is 56.0 Å². The molecule has 0 saturated carbocycles. The molecule has 0 fully saturated rings. The van der Waals surface area contributed by atoms with Crippen molar-refractivity contribution in [3.05, 3.63) is 343 Å². The van der Waals surface area contributed by atoms with Gasteiger partial charge in [0.05, 0.1) is 22.4 Å². The van der Waals surface area contributed by atoms with Crippen LogP contribution in [-0.4, -0.2) is 9.13 Å². The maximum atomic E-state index is 4.71. The minimum absolute atomic E-state index is 0.156. The number of nitrogens with zero attached hydrogens (tertiary/aromatic N) is 3. The van der Waals surface area contributed by atoms with Gasteiger partial charge >= 0.3 is 0 Å². The van der Waals surface area contributed by atoms with Gasteiger partial charge in [-0.25, -0.2) is 0 Å². The average molecular weight is 1090 g/mol. The average Bonchev–Trinajstić information content (AvgIpc) is 1.84. The summed E-state index contributed by atoms with van der Waals surface area (Å²) < 4.78 is 4.85. The fraction of sp³-hybridized carbons (Fsp3) is 0.0732. The predicted octanol–water partition coefficient (Wildman–Crippen LogP) is 22.0. The maximum Gasteiger partial charge on any atom is 0.0619 e. The Morgan fingerprint density at radius 2 is 1.07 bits per heavy atom. The van der Waals surface area contributed by atoms with E-state index >= 15 is 0 Å². The quantitative estimate of drug-likeness (QED) is 0.0989. The highest BCUT2D eigenvalue weighted by atomic mass is 15.1. The monoisotopic (exact) mass is 1090 g/mol. The third-order valence-corrected chi connectivity index (χ3v) is 17.2. The Morgan fingerprint density at radius 1 is 0.494 bits per heavy atom. The molecule has 3 heteroatoms. The number of para-hydroxylation sites is 2. The van der Waals surface area contributed by atoms with Gasteiger partial charge in [-0.2, -0.15) is 0 Å². The molecule has 2 aliphatic rings. The second-order valence-corrected chi connectivity index (χ2v) is 22.8. The molecule has 0 aliphatic heterocycles. The molecule has 85 heavy (non-hydrogen) atoms. The van der Waals surface area contributed by atoms with Gasteiger partial charge in [-0.3, -0.25) is 0 Å². The van der Waals surface area contributed by atoms with E-state index in [4.69, 9.17) is 6.58 Å². The van der Waals surface area contributed by atoms with E-state index in [1.165, 1.54) is 66.7 Å². The van der Waals surface area contributed by atoms with Crippen LogP contribution in [0.15, 0.2) is 310 Å². The standard InChI is InChI=1S/C82H65N3/c1-5-6-13-26-57(2)78-73-55-64(44-52-77(73)84(65-33-20-11-21-34-65)80(78)62-31-18-10-19-32-62)60-42-47-68(48-43-60)83(69-49-50-71-70-37-24-25-38-74(70)82(3,4)75(71)56-69)67-45-39-58(40-46-67)53-59-41-51-76-72(54-59)79(61-27-16-9-17-28-61)81(63-29-14-7-8-15-30-63)85(76)66-35-22-12-23-36-66/h5-7,9-52,54-56H,2,8,53H2,1,3-4H3/b6-5-,26-13-. The number of benzene rings is 10. The van der Waals surface area contributed by atoms with Gasteiger partial charge in [0.2, 0.25) is 0 Å². The van der Waals surface area contributed by atoms with Crippen molar-refractivity contribution in [1.82, 2.24) is 9.13 Å². The van der Waals surface area contributed by atoms with E-state index in [0.29, 0.717) is 0 Å². The van der Waals surface area contributed by atoms with Crippen LogP contribution < -0.4 is 4.90 Å². The molecular weight excluding hydrogens is 1030 g/mol. The van der Waals surface area contributed by atoms with Crippen LogP contribution >= 0.6 is 0 Å². The summed E-state index contributed by atoms with van der Waals surface area (Å²) in [7, 11) is 0. The zero-order chi connectivity index (χ0) is 57.4. The van der Waals surface area contributed by atoms with Crippen LogP contribution in [0.3, 0.4) is 0 Å². The molecule has 0 radical (unpaired) electrons. The Hall–Kier alpha value is -10.5. The van der Waals surface area contributed by atoms with Gasteiger partial charge < -0.3 is 14.0 Å². The summed E-state index contributed by atoms with van der Waals surface area (Å²) in [6.45, 7) is 11.5. The molecule has 0 amide bonds. The molecule has 0 bridgehead atoms. The Balaban J connectivity index is 0.859. The molecule has 10 aromatic carbocycles. The lowest BCUT2D eigenvalue weighted by Gasteiger charge is -2.28. The summed E-state index contributed by atoms with van der Waals surface area (Å²) in [5, 5.41) is 2.39. The second-order valence-electron chi connectivity index (χ2n) is 22.8. The van der Waals surface area contributed by atoms with Gasteiger partial charge in [0.1, 0.15) is 0 Å². The molecular formula is C82H65N3. The first-order valence-corrected chi connectivity index (χ1v) is 29.7. The van der Waals surface area contributed by atoms with Crippen molar-refractivity contribution in [1.29, 1.82) is 0 Å². The van der Waals surface area contributed by atoms with Crippen molar-refractivity contribution in [2.45, 2.75) is 39.0 Å². The number of allylic oxidation sites excluding steroid dienone is 11. The van der Waals surface area contributed by atoms with Gasteiger partial charge in [0.15, 0.2) is 0 Å². The summed E-state index contributed by atoms with van der Waals surface area (Å²) in [6, 6.07) is 91.5. The largest absolute Gasteiger partial charge is 0.310 e. The molecule has 3 nitrogen and oxygen atoms in total. The first-order chi connectivity index (χ1) is 41.8. The summed E-state index contributed by atoms with van der Waals surface area (Å²) in [5.74, 6) is 0. The second kappa shape index (κ2) is 22.4. The predicted molar refractivity (Wildman–Crippen MR) is 362 cm³/mol. The SMILES string of the molecule is C=C(/C=C\C=C/C)c1c(-c2ccccc2)n(-c2ccccc2)c2ccc(-c3ccc(N(c4ccc(Cc5ccc6c(c5)c(-c5ccccc5)c(C5=CC=CCC=C5)n6-c5ccccc5)cc4)c4ccc5c(c4)C(C)(C)c4ccccc4-5)cc3)cc12. The topological polar surface area (TPSA) is 13.1 Å². The fourth-order valence-electron chi connectivity index (χ4n) is 13.2. The Kier molecular flexibility index (Phi) is 13.8. The van der Waals surface area contributed by atoms with E-state index in [1.807, 2.05) is 13.0 Å². The van der Waals surface area contributed by atoms with Crippen LogP contribution in [0.4, 0.5) is 17.1 Å². The van der Waals surface area contributed by atoms with Crippen molar-refractivity contribution >= 4 is 50.0 Å². The van der Waals surface area contributed by atoms with Crippen LogP contribution in [0.25, 0.3) is 89.0 Å². The lowest BCUT2D eigenvalue weighted by atomic mass is 9.82. The molecule has 2 aliphatic carbocycles. The first-order valence-electron chi connectivity index (χ1n) is 29.7. The first kappa shape index (κ1) is 52.6. The van der Waals surface area contributed by atoms with E-state index in [-0.39, 0.29) is 5.41 Å². The van der Waals surface area contributed by atoms with E-state index in [2.05, 4.69) is 325 Å². The molecule has 12 aromatic rings. The summed E-state index contributed by atoms with van der Waals surface area (Å²) in [4.78, 5) is 2.43. The molecule has 0 atom stereocenters. The highest BCUT2D eigenvalue weighted by Crippen LogP contribution is 2.51. The van der Waals surface area contributed by atoms with E-state index in [0.717, 1.165) is 85.7 Å². The lowest BCUT2D eigenvalue weighted by molar-refractivity contribution is 0.660. The third kappa shape index (κ3) is 9.64. The molecule has 2 heterocycles. The fourth-order valence-corrected chi connectivity index (χ4v) is 13.2. The normalized spacial score (nSPS) is 13.4. The van der Waals surface area contributed by atoms with Gasteiger partial charge in [0.25, 0.3) is 0 Å². The number of fused-ring (bicyclic) bond motifs is 5. The van der Waals surface area contributed by atoms with Crippen LogP contribution in [0, 0.1) is 0 Å². The van der Waals surface area contributed by atoms with Crippen molar-refractivity contribution in [2.24, 2.45) is 0 Å². The zero-order valence-corrected chi connectivity index (χ0v) is 48.3. The van der Waals surface area contributed by atoms with Gasteiger partial charge in [-0.05, 0) is 171 Å². The highest BCUT2D eigenvalue weighted by Gasteiger charge is 2.36. The van der Waals surface area contributed by atoms with E-state index in [1.54, 1.807) is 0 Å². The minimum Gasteiger partial charge on any atom is -0.310 e. The van der Waals surface area contributed by atoms with Gasteiger partial charge in [-0.1, -0.05) is 239 Å². The minimum atomic E-state index is -0.156. The number of aromatic nitrogens is 2. The Morgan fingerprint density at radius 3 is 1.78 bits per heavy atom. The number of hydrogen-bond donors (Lipinski definition) is 0.